The van der Waals surface area contributed by atoms with Crippen LogP contribution in [-0.4, -0.2) is 7.11 Å². The van der Waals surface area contributed by atoms with E-state index in [1.807, 2.05) is 27.7 Å². The predicted octanol–water partition coefficient (Wildman–Crippen LogP) is 3.92. The van der Waals surface area contributed by atoms with Gasteiger partial charge >= 0.3 is 0 Å². The summed E-state index contributed by atoms with van der Waals surface area (Å²) < 4.78 is 5.02. The zero-order valence-corrected chi connectivity index (χ0v) is 9.27. The van der Waals surface area contributed by atoms with E-state index in [2.05, 4.69) is 19.1 Å². The van der Waals surface area contributed by atoms with E-state index >= 15 is 0 Å². The molecule has 0 bridgehead atoms. The molecule has 1 aliphatic rings. The minimum Gasteiger partial charge on any atom is -0.497 e. The Morgan fingerprint density at radius 1 is 1.08 bits per heavy atom. The van der Waals surface area contributed by atoms with Gasteiger partial charge in [-0.3, -0.25) is 0 Å². The first-order valence-electron chi connectivity index (χ1n) is 4.76. The summed E-state index contributed by atoms with van der Waals surface area (Å²) in [6.07, 6.45) is 5.27. The third-order valence-electron chi connectivity index (χ3n) is 1.34. The van der Waals surface area contributed by atoms with Gasteiger partial charge in [0.25, 0.3) is 0 Å². The monoisotopic (exact) mass is 170 g/mol. The number of allylic oxidation sites excluding steroid dienone is 3. The van der Waals surface area contributed by atoms with E-state index in [1.54, 1.807) is 7.11 Å². The minimum absolute atomic E-state index is 1.03. The van der Waals surface area contributed by atoms with Crippen LogP contribution in [0.3, 0.4) is 0 Å². The van der Waals surface area contributed by atoms with Crippen molar-refractivity contribution in [2.45, 2.75) is 41.0 Å². The Labute approximate surface area is 77.1 Å². The summed E-state index contributed by atoms with van der Waals surface area (Å²) in [7, 11) is 1.70. The Kier molecular flexibility index (Phi) is 11.9. The summed E-state index contributed by atoms with van der Waals surface area (Å²) >= 11 is 0. The largest absolute Gasteiger partial charge is 0.497 e. The summed E-state index contributed by atoms with van der Waals surface area (Å²) in [6.45, 7) is 10.1. The lowest BCUT2D eigenvalue weighted by Gasteiger charge is -1.98. The summed E-state index contributed by atoms with van der Waals surface area (Å²) in [5.41, 5.74) is 1.26. The van der Waals surface area contributed by atoms with E-state index in [4.69, 9.17) is 4.74 Å². The fraction of sp³-hybridized carbons (Fsp3) is 0.636. The molecule has 0 spiro atoms. The molecule has 1 aliphatic carbocycles. The van der Waals surface area contributed by atoms with Gasteiger partial charge in [0.15, 0.2) is 0 Å². The molecule has 0 amide bonds. The Hall–Kier alpha value is -0.720. The molecule has 0 aliphatic heterocycles. The zero-order chi connectivity index (χ0) is 9.98. The van der Waals surface area contributed by atoms with Gasteiger partial charge in [0.2, 0.25) is 0 Å². The molecule has 0 atom stereocenters. The molecule has 1 nitrogen and oxygen atoms in total. The van der Waals surface area contributed by atoms with Crippen LogP contribution >= 0.6 is 0 Å². The fourth-order valence-corrected chi connectivity index (χ4v) is 0.849. The van der Waals surface area contributed by atoms with Crippen LogP contribution < -0.4 is 0 Å². The average molecular weight is 170 g/mol. The molecule has 0 unspecified atom stereocenters. The highest BCUT2D eigenvalue weighted by Gasteiger charge is 2.02. The fourth-order valence-electron chi connectivity index (χ4n) is 0.849. The van der Waals surface area contributed by atoms with Crippen LogP contribution in [0.5, 0.6) is 0 Å². The van der Waals surface area contributed by atoms with Crippen molar-refractivity contribution < 1.29 is 4.74 Å². The summed E-state index contributed by atoms with van der Waals surface area (Å²) in [4.78, 5) is 0. The predicted molar refractivity (Wildman–Crippen MR) is 56.2 cm³/mol. The van der Waals surface area contributed by atoms with Crippen LogP contribution in [0.1, 0.15) is 41.0 Å². The molecule has 72 valence electrons. The lowest BCUT2D eigenvalue weighted by Crippen LogP contribution is -1.82. The van der Waals surface area contributed by atoms with Gasteiger partial charge in [0, 0.05) is 0 Å². The van der Waals surface area contributed by atoms with E-state index in [1.165, 1.54) is 5.57 Å². The van der Waals surface area contributed by atoms with Crippen molar-refractivity contribution in [3.05, 3.63) is 23.5 Å². The number of ether oxygens (including phenoxy) is 1. The maximum absolute atomic E-state index is 5.02. The first kappa shape index (κ1) is 13.8. The zero-order valence-electron chi connectivity index (χ0n) is 9.27. The summed E-state index contributed by atoms with van der Waals surface area (Å²) in [5, 5.41) is 0. The standard InChI is InChI=1S/C7H10O.2C2H6/c1-6-4-3-5-7(6)8-2;2*1-2/h4-5H,3H2,1-2H3;2*1-2H3. The average Bonchev–Trinajstić information content (AvgIpc) is 2.58. The molecule has 1 rings (SSSR count). The lowest BCUT2D eigenvalue weighted by atomic mass is 10.3. The quantitative estimate of drug-likeness (QED) is 0.579. The smallest absolute Gasteiger partial charge is 0.117 e. The highest BCUT2D eigenvalue weighted by molar-refractivity contribution is 5.30. The second kappa shape index (κ2) is 10.3. The molecule has 0 radical (unpaired) electrons. The van der Waals surface area contributed by atoms with Crippen molar-refractivity contribution in [3.8, 4) is 0 Å². The third-order valence-corrected chi connectivity index (χ3v) is 1.34. The molecular formula is C11H22O. The lowest BCUT2D eigenvalue weighted by molar-refractivity contribution is 0.302. The Morgan fingerprint density at radius 2 is 1.58 bits per heavy atom. The third kappa shape index (κ3) is 5.00. The van der Waals surface area contributed by atoms with Gasteiger partial charge < -0.3 is 4.74 Å². The van der Waals surface area contributed by atoms with Crippen molar-refractivity contribution in [1.29, 1.82) is 0 Å². The van der Waals surface area contributed by atoms with E-state index in [-0.39, 0.29) is 0 Å². The second-order valence-electron chi connectivity index (χ2n) is 1.90. The normalized spacial score (nSPS) is 12.8. The minimum atomic E-state index is 1.03. The summed E-state index contributed by atoms with van der Waals surface area (Å²) in [6, 6.07) is 0. The van der Waals surface area contributed by atoms with Crippen LogP contribution in [0, 0.1) is 0 Å². The molecule has 0 saturated heterocycles. The van der Waals surface area contributed by atoms with Gasteiger partial charge in [-0.15, -0.1) is 0 Å². The molecule has 12 heavy (non-hydrogen) atoms. The number of hydrogen-bond donors (Lipinski definition) is 0. The molecule has 0 aromatic heterocycles. The van der Waals surface area contributed by atoms with E-state index in [9.17, 15) is 0 Å². The van der Waals surface area contributed by atoms with E-state index < -0.39 is 0 Å². The highest BCUT2D eigenvalue weighted by Crippen LogP contribution is 2.17. The highest BCUT2D eigenvalue weighted by atomic mass is 16.5. The van der Waals surface area contributed by atoms with Crippen LogP contribution in [0.4, 0.5) is 0 Å². The number of methoxy groups -OCH3 is 1. The van der Waals surface area contributed by atoms with Gasteiger partial charge in [0.05, 0.1) is 7.11 Å². The van der Waals surface area contributed by atoms with E-state index in [0.717, 1.165) is 12.2 Å². The first-order valence-corrected chi connectivity index (χ1v) is 4.76. The van der Waals surface area contributed by atoms with Crippen molar-refractivity contribution in [3.63, 3.8) is 0 Å². The molecule has 0 N–H and O–H groups in total. The number of rotatable bonds is 1. The molecule has 0 saturated carbocycles. The molecule has 0 heterocycles. The van der Waals surface area contributed by atoms with Gasteiger partial charge in [0.1, 0.15) is 5.76 Å². The first-order chi connectivity index (χ1) is 5.84. The molecule has 0 aromatic rings. The van der Waals surface area contributed by atoms with Crippen LogP contribution in [0.15, 0.2) is 23.5 Å². The number of hydrogen-bond acceptors (Lipinski definition) is 1. The second-order valence-corrected chi connectivity index (χ2v) is 1.90. The van der Waals surface area contributed by atoms with Gasteiger partial charge in [-0.25, -0.2) is 0 Å². The van der Waals surface area contributed by atoms with Gasteiger partial charge in [-0.05, 0) is 25.0 Å². The van der Waals surface area contributed by atoms with E-state index in [0.29, 0.717) is 0 Å². The van der Waals surface area contributed by atoms with Crippen LogP contribution in [-0.2, 0) is 4.74 Å². The maximum atomic E-state index is 5.02. The van der Waals surface area contributed by atoms with Crippen molar-refractivity contribution in [2.75, 3.05) is 7.11 Å². The Balaban J connectivity index is 0. The topological polar surface area (TPSA) is 9.23 Å². The molecule has 0 aromatic carbocycles. The molecular weight excluding hydrogens is 148 g/mol. The van der Waals surface area contributed by atoms with Gasteiger partial charge in [-0.1, -0.05) is 33.8 Å². The summed E-state index contributed by atoms with van der Waals surface area (Å²) in [5.74, 6) is 1.03. The molecule has 0 fully saturated rings. The van der Waals surface area contributed by atoms with Gasteiger partial charge in [-0.2, -0.15) is 0 Å². The van der Waals surface area contributed by atoms with Crippen LogP contribution in [0.2, 0.25) is 0 Å². The SMILES string of the molecule is CC.CC.COC1=CCC=C1C. The van der Waals surface area contributed by atoms with Crippen molar-refractivity contribution in [1.82, 2.24) is 0 Å². The maximum Gasteiger partial charge on any atom is 0.117 e. The van der Waals surface area contributed by atoms with Crippen molar-refractivity contribution in [2.24, 2.45) is 0 Å². The Morgan fingerprint density at radius 3 is 1.75 bits per heavy atom. The molecule has 1 heteroatoms. The van der Waals surface area contributed by atoms with Crippen LogP contribution in [0.25, 0.3) is 0 Å². The van der Waals surface area contributed by atoms with Crippen molar-refractivity contribution >= 4 is 0 Å². The Bertz CT molecular complexity index is 143.